The van der Waals surface area contributed by atoms with E-state index < -0.39 is 29.3 Å². The van der Waals surface area contributed by atoms with Crippen molar-refractivity contribution in [3.63, 3.8) is 0 Å². The molecule has 0 saturated carbocycles. The minimum Gasteiger partial charge on any atom is -0.361 e. The summed E-state index contributed by atoms with van der Waals surface area (Å²) in [5, 5.41) is 15.9. The van der Waals surface area contributed by atoms with Gasteiger partial charge in [-0.25, -0.2) is 13.2 Å². The van der Waals surface area contributed by atoms with E-state index in [1.165, 1.54) is 28.8 Å². The number of rotatable bonds is 9. The van der Waals surface area contributed by atoms with E-state index in [-0.39, 0.29) is 17.4 Å². The Morgan fingerprint density at radius 3 is 2.45 bits per heavy atom. The number of pyridine rings is 1. The molecule has 274 valence electrons. The number of aryl methyl sites for hydroxylation is 2. The molecule has 11 heteroatoms. The number of carbonyl (C=O) groups is 2. The van der Waals surface area contributed by atoms with Gasteiger partial charge in [-0.3, -0.25) is 24.8 Å². The zero-order valence-electron chi connectivity index (χ0n) is 30.3. The van der Waals surface area contributed by atoms with E-state index in [4.69, 9.17) is 4.98 Å². The number of benzene rings is 3. The summed E-state index contributed by atoms with van der Waals surface area (Å²) in [6.45, 7) is 10.3. The van der Waals surface area contributed by atoms with E-state index in [1.807, 2.05) is 32.0 Å². The van der Waals surface area contributed by atoms with Crippen LogP contribution >= 0.6 is 0 Å². The first kappa shape index (κ1) is 36.2. The van der Waals surface area contributed by atoms with E-state index in [0.29, 0.717) is 30.3 Å². The molecule has 2 fully saturated rings. The lowest BCUT2D eigenvalue weighted by Gasteiger charge is -2.35. The normalized spacial score (nSPS) is 19.1. The highest BCUT2D eigenvalue weighted by Crippen LogP contribution is 2.37. The molecular formula is C42H43F3N6O2. The number of amides is 2. The van der Waals surface area contributed by atoms with Gasteiger partial charge in [0, 0.05) is 41.1 Å². The van der Waals surface area contributed by atoms with Crippen LogP contribution in [0.2, 0.25) is 0 Å². The third-order valence-electron chi connectivity index (χ3n) is 11.1. The number of nitrogens with one attached hydrogen (secondary N) is 2. The largest absolute Gasteiger partial charge is 0.361 e. The Kier molecular flexibility index (Phi) is 10.0. The molecule has 2 aromatic heterocycles. The van der Waals surface area contributed by atoms with Crippen LogP contribution in [0, 0.1) is 19.7 Å². The van der Waals surface area contributed by atoms with Crippen LogP contribution < -0.4 is 10.6 Å². The topological polar surface area (TPSA) is 100 Å². The lowest BCUT2D eigenvalue weighted by atomic mass is 9.74. The maximum absolute atomic E-state index is 15.0. The second kappa shape index (κ2) is 14.7. The standard InChI is InChI=1S/C42H43F3N6O2/c1-24-19-30(42(4)16-13-37(52)48-41(42)53)11-12-31(24)28-14-17-51(18-15-28)23-27-7-5-8-29(20-27)36-21-34-35(22-46-36)26(3)49-50-40(34)47-25(2)32-9-6-10-33(38(32)43)39(44)45/h5-12,19-22,25,28,39H,13-18,23H2,1-4H3,(H,47,50)(H,48,52,53)/t25-,42-/m1/s1. The smallest absolute Gasteiger partial charge is 0.266 e. The van der Waals surface area contributed by atoms with Crippen molar-refractivity contribution >= 4 is 28.4 Å². The number of hydrogen-bond acceptors (Lipinski definition) is 7. The van der Waals surface area contributed by atoms with E-state index in [1.54, 1.807) is 13.1 Å². The van der Waals surface area contributed by atoms with Gasteiger partial charge in [0.1, 0.15) is 5.82 Å². The number of likely N-dealkylation sites (tertiary alicyclic amines) is 1. The van der Waals surface area contributed by atoms with Gasteiger partial charge in [-0.2, -0.15) is 5.10 Å². The Labute approximate surface area is 307 Å². The first-order valence-corrected chi connectivity index (χ1v) is 18.1. The molecule has 2 N–H and O–H groups in total. The molecule has 0 bridgehead atoms. The zero-order chi connectivity index (χ0) is 37.4. The summed E-state index contributed by atoms with van der Waals surface area (Å²) in [7, 11) is 0. The SMILES string of the molecule is Cc1cc([C@@]2(C)CCC(=O)NC2=O)ccc1C1CCN(Cc2cccc(-c3cc4c(N[C@H](C)c5cccc(C(F)F)c5F)nnc(C)c4cn3)c2)CC1. The zero-order valence-corrected chi connectivity index (χ0v) is 30.3. The lowest BCUT2D eigenvalue weighted by molar-refractivity contribution is -0.137. The second-order valence-corrected chi connectivity index (χ2v) is 14.7. The monoisotopic (exact) mass is 720 g/mol. The predicted octanol–water partition coefficient (Wildman–Crippen LogP) is 8.63. The fraction of sp³-hybridized carbons (Fsp3) is 0.357. The van der Waals surface area contributed by atoms with Crippen LogP contribution in [0.4, 0.5) is 19.0 Å². The van der Waals surface area contributed by atoms with Gasteiger partial charge in [-0.1, -0.05) is 54.6 Å². The van der Waals surface area contributed by atoms with Gasteiger partial charge in [0.05, 0.1) is 28.4 Å². The molecule has 2 amide bonds. The summed E-state index contributed by atoms with van der Waals surface area (Å²) >= 11 is 0. The number of aromatic nitrogens is 3. The predicted molar refractivity (Wildman–Crippen MR) is 199 cm³/mol. The average Bonchev–Trinajstić information content (AvgIpc) is 3.15. The van der Waals surface area contributed by atoms with Crippen LogP contribution in [-0.4, -0.2) is 45.0 Å². The van der Waals surface area contributed by atoms with Gasteiger partial charge < -0.3 is 5.32 Å². The van der Waals surface area contributed by atoms with E-state index in [9.17, 15) is 22.8 Å². The summed E-state index contributed by atoms with van der Waals surface area (Å²) < 4.78 is 41.8. The Morgan fingerprint density at radius 2 is 1.72 bits per heavy atom. The minimum atomic E-state index is -2.91. The van der Waals surface area contributed by atoms with Crippen LogP contribution in [0.3, 0.4) is 0 Å². The maximum atomic E-state index is 15.0. The third kappa shape index (κ3) is 7.27. The number of alkyl halides is 2. The molecule has 3 aromatic carbocycles. The molecule has 2 atom stereocenters. The lowest BCUT2D eigenvalue weighted by Crippen LogP contribution is -2.49. The number of fused-ring (bicyclic) bond motifs is 1. The van der Waals surface area contributed by atoms with Crippen LogP contribution in [0.1, 0.15) is 97.0 Å². The van der Waals surface area contributed by atoms with Gasteiger partial charge in [-0.15, -0.1) is 5.10 Å². The summed E-state index contributed by atoms with van der Waals surface area (Å²) in [6.07, 6.45) is 1.78. The Morgan fingerprint density at radius 1 is 0.962 bits per heavy atom. The van der Waals surface area contributed by atoms with Gasteiger partial charge in [0.25, 0.3) is 6.43 Å². The Hall–Kier alpha value is -5.16. The third-order valence-corrected chi connectivity index (χ3v) is 11.1. The molecule has 8 nitrogen and oxygen atoms in total. The number of carbonyl (C=O) groups excluding carboxylic acids is 2. The van der Waals surface area contributed by atoms with Crippen molar-refractivity contribution in [3.8, 4) is 11.3 Å². The van der Waals surface area contributed by atoms with Gasteiger partial charge in [-0.05, 0) is 100 Å². The summed E-state index contributed by atoms with van der Waals surface area (Å²) in [6, 6.07) is 20.0. The molecule has 2 aliphatic heterocycles. The molecule has 5 aromatic rings. The number of halogens is 3. The first-order valence-electron chi connectivity index (χ1n) is 18.1. The minimum absolute atomic E-state index is 0.122. The van der Waals surface area contributed by atoms with Gasteiger partial charge in [0.2, 0.25) is 11.8 Å². The van der Waals surface area contributed by atoms with Crippen LogP contribution in [-0.2, 0) is 21.5 Å². The van der Waals surface area contributed by atoms with Crippen LogP contribution in [0.5, 0.6) is 0 Å². The molecule has 2 aliphatic rings. The van der Waals surface area contributed by atoms with Gasteiger partial charge in [0.15, 0.2) is 5.82 Å². The molecule has 7 rings (SSSR count). The van der Waals surface area contributed by atoms with Crippen molar-refractivity contribution in [1.29, 1.82) is 0 Å². The molecule has 0 radical (unpaired) electrons. The molecular weight excluding hydrogens is 677 g/mol. The van der Waals surface area contributed by atoms with E-state index in [2.05, 4.69) is 63.0 Å². The van der Waals surface area contributed by atoms with Gasteiger partial charge >= 0.3 is 0 Å². The molecule has 0 unspecified atom stereocenters. The average molecular weight is 721 g/mol. The van der Waals surface area contributed by atoms with Crippen molar-refractivity contribution in [2.75, 3.05) is 18.4 Å². The molecule has 0 aliphatic carbocycles. The second-order valence-electron chi connectivity index (χ2n) is 14.7. The van der Waals surface area contributed by atoms with Crippen molar-refractivity contribution in [3.05, 3.63) is 118 Å². The number of imide groups is 1. The van der Waals surface area contributed by atoms with E-state index >= 15 is 0 Å². The van der Waals surface area contributed by atoms with Crippen LogP contribution in [0.25, 0.3) is 22.0 Å². The highest BCUT2D eigenvalue weighted by Gasteiger charge is 2.40. The quantitative estimate of drug-likeness (QED) is 0.147. The number of piperidine rings is 2. The number of hydrogen-bond donors (Lipinski definition) is 2. The molecule has 53 heavy (non-hydrogen) atoms. The highest BCUT2D eigenvalue weighted by atomic mass is 19.3. The molecule has 0 spiro atoms. The fourth-order valence-electron chi connectivity index (χ4n) is 7.84. The summed E-state index contributed by atoms with van der Waals surface area (Å²) in [5.74, 6) is -0.507. The number of anilines is 1. The molecule has 4 heterocycles. The maximum Gasteiger partial charge on any atom is 0.266 e. The van der Waals surface area contributed by atoms with Crippen molar-refractivity contribution in [1.82, 2.24) is 25.4 Å². The van der Waals surface area contributed by atoms with Crippen molar-refractivity contribution in [2.45, 2.75) is 83.7 Å². The summed E-state index contributed by atoms with van der Waals surface area (Å²) in [4.78, 5) is 31.7. The molecule has 2 saturated heterocycles. The van der Waals surface area contributed by atoms with Crippen molar-refractivity contribution < 1.29 is 22.8 Å². The highest BCUT2D eigenvalue weighted by molar-refractivity contribution is 6.03. The first-order chi connectivity index (χ1) is 25.4. The fourth-order valence-corrected chi connectivity index (χ4v) is 7.84. The van der Waals surface area contributed by atoms with Crippen molar-refractivity contribution in [2.24, 2.45) is 0 Å². The van der Waals surface area contributed by atoms with Crippen LogP contribution in [0.15, 0.2) is 72.9 Å². The number of nitrogens with zero attached hydrogens (tertiary/aromatic N) is 4. The Balaban J connectivity index is 1.04. The van der Waals surface area contributed by atoms with E-state index in [0.717, 1.165) is 66.1 Å². The Bertz CT molecular complexity index is 2200. The summed E-state index contributed by atoms with van der Waals surface area (Å²) in [5.41, 5.74) is 5.82.